The third-order valence-electron chi connectivity index (χ3n) is 5.10. The van der Waals surface area contributed by atoms with Gasteiger partial charge in [-0.2, -0.15) is 10.2 Å². The summed E-state index contributed by atoms with van der Waals surface area (Å²) in [6.07, 6.45) is 7.33. The van der Waals surface area contributed by atoms with E-state index in [-0.39, 0.29) is 0 Å². The molecule has 30 heavy (non-hydrogen) atoms. The molecule has 1 N–H and O–H groups in total. The van der Waals surface area contributed by atoms with Gasteiger partial charge in [0.25, 0.3) is 0 Å². The Kier molecular flexibility index (Phi) is 5.40. The second-order valence-corrected chi connectivity index (χ2v) is 8.17. The molecule has 0 bridgehead atoms. The summed E-state index contributed by atoms with van der Waals surface area (Å²) in [4.78, 5) is 5.38. The highest BCUT2D eigenvalue weighted by atomic mass is 32.2. The van der Waals surface area contributed by atoms with E-state index in [0.717, 1.165) is 38.6 Å². The Morgan fingerprint density at radius 3 is 2.70 bits per heavy atom. The fourth-order valence-electron chi connectivity index (χ4n) is 3.15. The molecule has 0 fully saturated rings. The Morgan fingerprint density at radius 1 is 1.10 bits per heavy atom. The number of ether oxygens (including phenoxy) is 2. The van der Waals surface area contributed by atoms with E-state index in [4.69, 9.17) is 9.47 Å². The summed E-state index contributed by atoms with van der Waals surface area (Å²) in [6, 6.07) is 7.87. The number of pyridine rings is 1. The maximum Gasteiger partial charge on any atom is 0.153 e. The molecule has 0 spiro atoms. The van der Waals surface area contributed by atoms with Crippen molar-refractivity contribution in [1.82, 2.24) is 24.5 Å². The lowest BCUT2D eigenvalue weighted by Crippen LogP contribution is -2.19. The largest absolute Gasteiger partial charge is 0.494 e. The molecule has 9 heteroatoms. The normalized spacial score (nSPS) is 11.8. The SMILES string of the molecule is COc1ccc2cnn(C)c2c1NSc1cnn(-c2cc(C(C)(C)OC)ccn2)c1. The number of fused-ring (bicyclic) bond motifs is 1. The van der Waals surface area contributed by atoms with Gasteiger partial charge in [0.1, 0.15) is 11.4 Å². The molecule has 1 aromatic carbocycles. The molecule has 8 nitrogen and oxygen atoms in total. The Balaban J connectivity index is 1.58. The minimum absolute atomic E-state index is 0.400. The van der Waals surface area contributed by atoms with Crippen LogP contribution in [-0.2, 0) is 17.4 Å². The highest BCUT2D eigenvalue weighted by molar-refractivity contribution is 8.00. The minimum Gasteiger partial charge on any atom is -0.494 e. The van der Waals surface area contributed by atoms with Gasteiger partial charge in [0, 0.05) is 31.9 Å². The van der Waals surface area contributed by atoms with Crippen molar-refractivity contribution in [2.75, 3.05) is 18.9 Å². The summed E-state index contributed by atoms with van der Waals surface area (Å²) in [5.41, 5.74) is 2.48. The molecule has 0 aliphatic heterocycles. The number of hydrogen-bond donors (Lipinski definition) is 1. The average Bonchev–Trinajstić information content (AvgIpc) is 3.39. The molecular weight excluding hydrogens is 400 g/mol. The van der Waals surface area contributed by atoms with E-state index < -0.39 is 5.60 Å². The molecule has 0 saturated carbocycles. The lowest BCUT2D eigenvalue weighted by Gasteiger charge is -2.23. The third kappa shape index (κ3) is 3.73. The van der Waals surface area contributed by atoms with Crippen LogP contribution in [0.5, 0.6) is 5.75 Å². The number of benzene rings is 1. The number of methoxy groups -OCH3 is 2. The summed E-state index contributed by atoms with van der Waals surface area (Å²) < 4.78 is 18.1. The van der Waals surface area contributed by atoms with Gasteiger partial charge >= 0.3 is 0 Å². The first-order valence-corrected chi connectivity index (χ1v) is 10.2. The van der Waals surface area contributed by atoms with Crippen molar-refractivity contribution < 1.29 is 9.47 Å². The Hall–Kier alpha value is -3.04. The van der Waals surface area contributed by atoms with Crippen molar-refractivity contribution in [1.29, 1.82) is 0 Å². The van der Waals surface area contributed by atoms with Gasteiger partial charge in [-0.1, -0.05) is 0 Å². The predicted molar refractivity (Wildman–Crippen MR) is 118 cm³/mol. The fourth-order valence-corrected chi connectivity index (χ4v) is 3.82. The van der Waals surface area contributed by atoms with E-state index in [0.29, 0.717) is 0 Å². The van der Waals surface area contributed by atoms with E-state index in [9.17, 15) is 0 Å². The van der Waals surface area contributed by atoms with Crippen molar-refractivity contribution in [2.24, 2.45) is 7.05 Å². The summed E-state index contributed by atoms with van der Waals surface area (Å²) in [7, 11) is 5.27. The van der Waals surface area contributed by atoms with Crippen molar-refractivity contribution in [3.8, 4) is 11.6 Å². The lowest BCUT2D eigenvalue weighted by atomic mass is 9.99. The minimum atomic E-state index is -0.400. The number of aryl methyl sites for hydroxylation is 1. The number of aromatic nitrogens is 5. The van der Waals surface area contributed by atoms with Gasteiger partial charge in [-0.3, -0.25) is 4.68 Å². The molecule has 0 unspecified atom stereocenters. The maximum absolute atomic E-state index is 5.58. The van der Waals surface area contributed by atoms with Gasteiger partial charge < -0.3 is 14.2 Å². The quantitative estimate of drug-likeness (QED) is 0.446. The first-order valence-electron chi connectivity index (χ1n) is 9.41. The molecule has 0 aliphatic carbocycles. The molecule has 156 valence electrons. The molecule has 4 rings (SSSR count). The summed E-state index contributed by atoms with van der Waals surface area (Å²) in [5, 5.41) is 9.85. The van der Waals surface area contributed by atoms with Crippen LogP contribution in [0.25, 0.3) is 16.7 Å². The van der Waals surface area contributed by atoms with E-state index in [1.807, 2.05) is 62.2 Å². The standard InChI is InChI=1S/C21H24N6O2S/c1-21(2,29-5)15-8-9-22-18(10-15)27-13-16(12-24-27)30-25-19-17(28-4)7-6-14-11-23-26(3)20(14)19/h6-13,25H,1-5H3. The number of nitrogens with one attached hydrogen (secondary N) is 1. The van der Waals surface area contributed by atoms with Gasteiger partial charge in [-0.25, -0.2) is 9.67 Å². The molecule has 0 saturated heterocycles. The molecule has 0 aliphatic rings. The molecule has 4 aromatic rings. The lowest BCUT2D eigenvalue weighted by molar-refractivity contribution is 0.0191. The second-order valence-electron chi connectivity index (χ2n) is 7.29. The smallest absolute Gasteiger partial charge is 0.153 e. The van der Waals surface area contributed by atoms with Crippen molar-refractivity contribution >= 4 is 28.5 Å². The van der Waals surface area contributed by atoms with Crippen LogP contribution in [0, 0.1) is 0 Å². The van der Waals surface area contributed by atoms with E-state index in [1.54, 1.807) is 31.3 Å². The highest BCUT2D eigenvalue weighted by Gasteiger charge is 2.20. The van der Waals surface area contributed by atoms with Crippen molar-refractivity contribution in [3.05, 3.63) is 54.6 Å². The number of hydrogen-bond acceptors (Lipinski definition) is 7. The molecule has 0 amide bonds. The summed E-state index contributed by atoms with van der Waals surface area (Å²) in [6.45, 7) is 4.04. The van der Waals surface area contributed by atoms with E-state index >= 15 is 0 Å². The fraction of sp³-hybridized carbons (Fsp3) is 0.286. The van der Waals surface area contributed by atoms with Gasteiger partial charge in [-0.15, -0.1) is 0 Å². The summed E-state index contributed by atoms with van der Waals surface area (Å²) in [5.74, 6) is 1.48. The number of anilines is 1. The predicted octanol–water partition coefficient (Wildman–Crippen LogP) is 4.16. The monoisotopic (exact) mass is 424 g/mol. The highest BCUT2D eigenvalue weighted by Crippen LogP contribution is 2.36. The van der Waals surface area contributed by atoms with Gasteiger partial charge in [0.15, 0.2) is 5.82 Å². The van der Waals surface area contributed by atoms with Crippen LogP contribution < -0.4 is 9.46 Å². The molecule has 0 radical (unpaired) electrons. The molecule has 3 aromatic heterocycles. The van der Waals surface area contributed by atoms with Crippen molar-refractivity contribution in [3.63, 3.8) is 0 Å². The average molecular weight is 425 g/mol. The zero-order valence-corrected chi connectivity index (χ0v) is 18.4. The first kappa shape index (κ1) is 20.2. The number of rotatable bonds is 7. The van der Waals surface area contributed by atoms with Crippen LogP contribution >= 0.6 is 11.9 Å². The van der Waals surface area contributed by atoms with Crippen LogP contribution in [0.2, 0.25) is 0 Å². The third-order valence-corrected chi connectivity index (χ3v) is 5.85. The van der Waals surface area contributed by atoms with Crippen LogP contribution in [-0.4, -0.2) is 38.8 Å². The molecule has 3 heterocycles. The Morgan fingerprint density at radius 2 is 1.93 bits per heavy atom. The van der Waals surface area contributed by atoms with Crippen molar-refractivity contribution in [2.45, 2.75) is 24.3 Å². The van der Waals surface area contributed by atoms with Crippen LogP contribution in [0.4, 0.5) is 5.69 Å². The molecule has 0 atom stereocenters. The Labute approximate surface area is 179 Å². The maximum atomic E-state index is 5.58. The van der Waals surface area contributed by atoms with Gasteiger partial charge in [-0.05, 0) is 55.6 Å². The Bertz CT molecular complexity index is 1180. The zero-order chi connectivity index (χ0) is 21.3. The van der Waals surface area contributed by atoms with Gasteiger partial charge in [0.2, 0.25) is 0 Å². The second kappa shape index (κ2) is 8.00. The van der Waals surface area contributed by atoms with E-state index in [1.165, 1.54) is 11.9 Å². The number of nitrogens with zero attached hydrogens (tertiary/aromatic N) is 5. The molecular formula is C21H24N6O2S. The van der Waals surface area contributed by atoms with Crippen LogP contribution in [0.15, 0.2) is 53.9 Å². The van der Waals surface area contributed by atoms with E-state index in [2.05, 4.69) is 19.9 Å². The van der Waals surface area contributed by atoms with Crippen LogP contribution in [0.1, 0.15) is 19.4 Å². The first-order chi connectivity index (χ1) is 14.4. The zero-order valence-electron chi connectivity index (χ0n) is 17.6. The van der Waals surface area contributed by atoms with Crippen LogP contribution in [0.3, 0.4) is 0 Å². The topological polar surface area (TPSA) is 79.0 Å². The summed E-state index contributed by atoms with van der Waals surface area (Å²) >= 11 is 1.45. The van der Waals surface area contributed by atoms with Gasteiger partial charge in [0.05, 0.1) is 35.5 Å².